The Balaban J connectivity index is 1.91. The zero-order chi connectivity index (χ0) is 14.7. The molecule has 1 unspecified atom stereocenters. The van der Waals surface area contributed by atoms with Crippen molar-refractivity contribution in [2.75, 3.05) is 60.4 Å². The van der Waals surface area contributed by atoms with Gasteiger partial charge in [-0.1, -0.05) is 0 Å². The second kappa shape index (κ2) is 6.43. The standard InChI is InChI=1S/C14H26N4O2/c1-15(2)14(20)18-6-4-5-12(11-18)13(19)17-9-7-16(3)8-10-17/h12H,4-11H2,1-3H3. The summed E-state index contributed by atoms with van der Waals surface area (Å²) < 4.78 is 0. The molecule has 0 spiro atoms. The van der Waals surface area contributed by atoms with Crippen LogP contribution in [0.3, 0.4) is 0 Å². The molecule has 2 aliphatic heterocycles. The van der Waals surface area contributed by atoms with Crippen LogP contribution in [0.4, 0.5) is 4.79 Å². The van der Waals surface area contributed by atoms with Crippen molar-refractivity contribution >= 4 is 11.9 Å². The third-order valence-corrected chi connectivity index (χ3v) is 4.24. The first kappa shape index (κ1) is 15.1. The second-order valence-electron chi connectivity index (χ2n) is 6.09. The summed E-state index contributed by atoms with van der Waals surface area (Å²) in [6.45, 7) is 4.85. The fourth-order valence-corrected chi connectivity index (χ4v) is 2.92. The van der Waals surface area contributed by atoms with Gasteiger partial charge in [0.1, 0.15) is 0 Å². The largest absolute Gasteiger partial charge is 0.340 e. The quantitative estimate of drug-likeness (QED) is 0.688. The molecule has 2 heterocycles. The maximum absolute atomic E-state index is 12.6. The Morgan fingerprint density at radius 2 is 1.65 bits per heavy atom. The molecule has 0 saturated carbocycles. The molecule has 0 aliphatic carbocycles. The van der Waals surface area contributed by atoms with Gasteiger partial charge in [0.15, 0.2) is 0 Å². The minimum absolute atomic E-state index is 0.0147. The van der Waals surface area contributed by atoms with E-state index < -0.39 is 0 Å². The number of carbonyl (C=O) groups is 2. The molecule has 2 saturated heterocycles. The van der Waals surface area contributed by atoms with Crippen LogP contribution in [0.2, 0.25) is 0 Å². The summed E-state index contributed by atoms with van der Waals surface area (Å²) in [4.78, 5) is 32.2. The molecule has 2 aliphatic rings. The predicted octanol–water partition coefficient (Wildman–Crippen LogP) is 0.154. The molecule has 0 aromatic rings. The molecule has 6 nitrogen and oxygen atoms in total. The Hall–Kier alpha value is -1.30. The van der Waals surface area contributed by atoms with Crippen LogP contribution in [-0.2, 0) is 4.79 Å². The van der Waals surface area contributed by atoms with Gasteiger partial charge < -0.3 is 19.6 Å². The molecule has 0 aromatic heterocycles. The van der Waals surface area contributed by atoms with E-state index in [1.54, 1.807) is 19.0 Å². The fourth-order valence-electron chi connectivity index (χ4n) is 2.92. The fraction of sp³-hybridized carbons (Fsp3) is 0.857. The van der Waals surface area contributed by atoms with E-state index in [0.29, 0.717) is 6.54 Å². The molecule has 0 bridgehead atoms. The zero-order valence-corrected chi connectivity index (χ0v) is 12.8. The topological polar surface area (TPSA) is 47.1 Å². The summed E-state index contributed by atoms with van der Waals surface area (Å²) in [7, 11) is 5.60. The van der Waals surface area contributed by atoms with Crippen LogP contribution in [0.15, 0.2) is 0 Å². The number of hydrogen-bond acceptors (Lipinski definition) is 3. The number of nitrogens with zero attached hydrogens (tertiary/aromatic N) is 4. The highest BCUT2D eigenvalue weighted by atomic mass is 16.2. The number of likely N-dealkylation sites (tertiary alicyclic amines) is 1. The van der Waals surface area contributed by atoms with Gasteiger partial charge in [0.05, 0.1) is 5.92 Å². The first-order valence-electron chi connectivity index (χ1n) is 7.42. The number of piperazine rings is 1. The van der Waals surface area contributed by atoms with Crippen LogP contribution in [0, 0.1) is 5.92 Å². The van der Waals surface area contributed by atoms with Gasteiger partial charge in [-0.2, -0.15) is 0 Å². The molecule has 2 fully saturated rings. The van der Waals surface area contributed by atoms with E-state index in [0.717, 1.165) is 45.6 Å². The average Bonchev–Trinajstić information content (AvgIpc) is 2.46. The highest BCUT2D eigenvalue weighted by Crippen LogP contribution is 2.20. The first-order chi connectivity index (χ1) is 9.49. The summed E-state index contributed by atoms with van der Waals surface area (Å²) in [6, 6.07) is 0.0147. The molecular weight excluding hydrogens is 256 g/mol. The summed E-state index contributed by atoms with van der Waals surface area (Å²) in [5.74, 6) is 0.213. The number of likely N-dealkylation sites (N-methyl/N-ethyl adjacent to an activating group) is 1. The number of piperidine rings is 1. The third-order valence-electron chi connectivity index (χ3n) is 4.24. The van der Waals surface area contributed by atoms with Crippen molar-refractivity contribution in [2.45, 2.75) is 12.8 Å². The number of urea groups is 1. The molecule has 0 aromatic carbocycles. The van der Waals surface area contributed by atoms with E-state index in [9.17, 15) is 9.59 Å². The lowest BCUT2D eigenvalue weighted by Crippen LogP contribution is -2.53. The van der Waals surface area contributed by atoms with Gasteiger partial charge in [0.2, 0.25) is 5.91 Å². The van der Waals surface area contributed by atoms with Gasteiger partial charge in [0.25, 0.3) is 0 Å². The van der Waals surface area contributed by atoms with Crippen molar-refractivity contribution in [2.24, 2.45) is 5.92 Å². The zero-order valence-electron chi connectivity index (χ0n) is 12.8. The molecule has 2 rings (SSSR count). The molecule has 20 heavy (non-hydrogen) atoms. The summed E-state index contributed by atoms with van der Waals surface area (Å²) in [5.41, 5.74) is 0. The maximum Gasteiger partial charge on any atom is 0.319 e. The monoisotopic (exact) mass is 282 g/mol. The van der Waals surface area contributed by atoms with Crippen molar-refractivity contribution < 1.29 is 9.59 Å². The Bertz CT molecular complexity index is 364. The highest BCUT2D eigenvalue weighted by Gasteiger charge is 2.32. The summed E-state index contributed by atoms with van der Waals surface area (Å²) in [5, 5.41) is 0. The Labute approximate surface area is 121 Å². The van der Waals surface area contributed by atoms with Crippen LogP contribution in [0.1, 0.15) is 12.8 Å². The summed E-state index contributed by atoms with van der Waals surface area (Å²) >= 11 is 0. The normalized spacial score (nSPS) is 24.6. The van der Waals surface area contributed by atoms with Gasteiger partial charge >= 0.3 is 6.03 Å². The van der Waals surface area contributed by atoms with Crippen LogP contribution in [0.25, 0.3) is 0 Å². The van der Waals surface area contributed by atoms with Crippen molar-refractivity contribution in [3.05, 3.63) is 0 Å². The molecule has 114 valence electrons. The second-order valence-corrected chi connectivity index (χ2v) is 6.09. The van der Waals surface area contributed by atoms with Crippen molar-refractivity contribution in [1.29, 1.82) is 0 Å². The summed E-state index contributed by atoms with van der Waals surface area (Å²) in [6.07, 6.45) is 1.83. The van der Waals surface area contributed by atoms with Crippen molar-refractivity contribution in [3.63, 3.8) is 0 Å². The number of hydrogen-bond donors (Lipinski definition) is 0. The van der Waals surface area contributed by atoms with E-state index in [1.807, 2.05) is 9.80 Å². The van der Waals surface area contributed by atoms with E-state index in [4.69, 9.17) is 0 Å². The van der Waals surface area contributed by atoms with Crippen LogP contribution in [-0.4, -0.2) is 91.9 Å². The number of amides is 3. The lowest BCUT2D eigenvalue weighted by molar-refractivity contribution is -0.138. The van der Waals surface area contributed by atoms with Crippen molar-refractivity contribution in [3.8, 4) is 0 Å². The van der Waals surface area contributed by atoms with E-state index in [1.165, 1.54) is 0 Å². The molecule has 0 radical (unpaired) electrons. The van der Waals surface area contributed by atoms with Crippen LogP contribution < -0.4 is 0 Å². The number of rotatable bonds is 1. The van der Waals surface area contributed by atoms with Gasteiger partial charge in [-0.15, -0.1) is 0 Å². The Kier molecular flexibility index (Phi) is 4.86. The third kappa shape index (κ3) is 3.42. The lowest BCUT2D eigenvalue weighted by atomic mass is 9.96. The van der Waals surface area contributed by atoms with Crippen LogP contribution in [0.5, 0.6) is 0 Å². The predicted molar refractivity (Wildman–Crippen MR) is 77.5 cm³/mol. The van der Waals surface area contributed by atoms with E-state index in [2.05, 4.69) is 11.9 Å². The molecular formula is C14H26N4O2. The average molecular weight is 282 g/mol. The Morgan fingerprint density at radius 1 is 1.00 bits per heavy atom. The molecule has 1 atom stereocenters. The van der Waals surface area contributed by atoms with Gasteiger partial charge in [0, 0.05) is 53.4 Å². The van der Waals surface area contributed by atoms with E-state index in [-0.39, 0.29) is 17.9 Å². The lowest BCUT2D eigenvalue weighted by Gasteiger charge is -2.38. The van der Waals surface area contributed by atoms with Gasteiger partial charge in [-0.25, -0.2) is 4.79 Å². The van der Waals surface area contributed by atoms with Gasteiger partial charge in [-0.05, 0) is 19.9 Å². The minimum Gasteiger partial charge on any atom is -0.340 e. The number of carbonyl (C=O) groups excluding carboxylic acids is 2. The smallest absolute Gasteiger partial charge is 0.319 e. The molecule has 3 amide bonds. The minimum atomic E-state index is -0.0175. The highest BCUT2D eigenvalue weighted by molar-refractivity contribution is 5.81. The van der Waals surface area contributed by atoms with Gasteiger partial charge in [-0.3, -0.25) is 4.79 Å². The van der Waals surface area contributed by atoms with Crippen molar-refractivity contribution in [1.82, 2.24) is 19.6 Å². The van der Waals surface area contributed by atoms with E-state index >= 15 is 0 Å². The first-order valence-corrected chi connectivity index (χ1v) is 7.42. The van der Waals surface area contributed by atoms with Crippen LogP contribution >= 0.6 is 0 Å². The molecule has 6 heteroatoms. The maximum atomic E-state index is 12.6. The SMILES string of the molecule is CN1CCN(C(=O)C2CCCN(C(=O)N(C)C)C2)CC1. The molecule has 0 N–H and O–H groups in total. The Morgan fingerprint density at radius 3 is 2.25 bits per heavy atom.